The molecule has 1 saturated heterocycles. The molecule has 2 heterocycles. The van der Waals surface area contributed by atoms with Crippen molar-refractivity contribution in [3.05, 3.63) is 18.0 Å². The molecule has 5 heteroatoms. The molecule has 0 aliphatic carbocycles. The van der Waals surface area contributed by atoms with Gasteiger partial charge in [0.1, 0.15) is 5.41 Å². The van der Waals surface area contributed by atoms with Gasteiger partial charge in [0.05, 0.1) is 11.8 Å². The van der Waals surface area contributed by atoms with Crippen molar-refractivity contribution in [2.45, 2.75) is 52.2 Å². The summed E-state index contributed by atoms with van der Waals surface area (Å²) in [7, 11) is 0. The zero-order valence-corrected chi connectivity index (χ0v) is 11.8. The standard InChI is InChI=1S/C14H22N2O3/c1-4-10(2)16-7-5-12(15-16)9-14(13(17)18)6-8-19-11(14)3/h5,7,10-11H,4,6,8-9H2,1-3H3,(H,17,18). The third kappa shape index (κ3) is 2.52. The molecule has 1 aromatic rings. The van der Waals surface area contributed by atoms with Gasteiger partial charge in [0.2, 0.25) is 0 Å². The van der Waals surface area contributed by atoms with Crippen LogP contribution in [-0.4, -0.2) is 33.6 Å². The maximum absolute atomic E-state index is 11.6. The SMILES string of the molecule is CCC(C)n1ccc(CC2(C(=O)O)CCOC2C)n1. The van der Waals surface area contributed by atoms with Crippen LogP contribution in [0.25, 0.3) is 0 Å². The first-order valence-electron chi connectivity index (χ1n) is 6.88. The van der Waals surface area contributed by atoms with E-state index in [4.69, 9.17) is 4.74 Å². The van der Waals surface area contributed by atoms with Gasteiger partial charge in [0.25, 0.3) is 0 Å². The molecule has 0 saturated carbocycles. The maximum Gasteiger partial charge on any atom is 0.312 e. The predicted molar refractivity (Wildman–Crippen MR) is 71.0 cm³/mol. The van der Waals surface area contributed by atoms with Crippen LogP contribution >= 0.6 is 0 Å². The highest BCUT2D eigenvalue weighted by molar-refractivity contribution is 5.76. The zero-order valence-electron chi connectivity index (χ0n) is 11.8. The van der Waals surface area contributed by atoms with Gasteiger partial charge >= 0.3 is 5.97 Å². The maximum atomic E-state index is 11.6. The Balaban J connectivity index is 2.19. The molecule has 3 atom stereocenters. The molecule has 1 aliphatic rings. The Morgan fingerprint density at radius 1 is 1.74 bits per heavy atom. The van der Waals surface area contributed by atoms with Crippen molar-refractivity contribution in [3.8, 4) is 0 Å². The van der Waals surface area contributed by atoms with E-state index in [1.807, 2.05) is 23.9 Å². The third-order valence-electron chi connectivity index (χ3n) is 4.32. The van der Waals surface area contributed by atoms with Gasteiger partial charge in [0, 0.05) is 25.3 Å². The topological polar surface area (TPSA) is 64.4 Å². The number of carboxylic acid groups (broad SMARTS) is 1. The fourth-order valence-electron chi connectivity index (χ4n) is 2.60. The summed E-state index contributed by atoms with van der Waals surface area (Å²) in [6.45, 7) is 6.56. The monoisotopic (exact) mass is 266 g/mol. The number of carboxylic acids is 1. The molecule has 1 N–H and O–H groups in total. The second kappa shape index (κ2) is 5.33. The van der Waals surface area contributed by atoms with Crippen molar-refractivity contribution in [1.29, 1.82) is 0 Å². The number of aliphatic carboxylic acids is 1. The van der Waals surface area contributed by atoms with Gasteiger partial charge < -0.3 is 9.84 Å². The summed E-state index contributed by atoms with van der Waals surface area (Å²) in [6, 6.07) is 2.26. The van der Waals surface area contributed by atoms with E-state index in [2.05, 4.69) is 18.9 Å². The van der Waals surface area contributed by atoms with Crippen molar-refractivity contribution in [1.82, 2.24) is 9.78 Å². The molecule has 5 nitrogen and oxygen atoms in total. The third-order valence-corrected chi connectivity index (χ3v) is 4.32. The molecular weight excluding hydrogens is 244 g/mol. The van der Waals surface area contributed by atoms with Crippen LogP contribution < -0.4 is 0 Å². The summed E-state index contributed by atoms with van der Waals surface area (Å²) >= 11 is 0. The first-order valence-corrected chi connectivity index (χ1v) is 6.88. The van der Waals surface area contributed by atoms with Crippen LogP contribution in [0.2, 0.25) is 0 Å². The average molecular weight is 266 g/mol. The number of ether oxygens (including phenoxy) is 1. The Morgan fingerprint density at radius 2 is 2.47 bits per heavy atom. The predicted octanol–water partition coefficient (Wildman–Crippen LogP) is 2.28. The Kier molecular flexibility index (Phi) is 3.94. The minimum absolute atomic E-state index is 0.265. The minimum Gasteiger partial charge on any atom is -0.481 e. The van der Waals surface area contributed by atoms with Gasteiger partial charge in [-0.1, -0.05) is 6.92 Å². The Hall–Kier alpha value is -1.36. The summed E-state index contributed by atoms with van der Waals surface area (Å²) in [6.07, 6.45) is 3.66. The van der Waals surface area contributed by atoms with E-state index in [0.717, 1.165) is 12.1 Å². The van der Waals surface area contributed by atoms with Crippen molar-refractivity contribution >= 4 is 5.97 Å². The minimum atomic E-state index is -0.825. The molecule has 0 amide bonds. The van der Waals surface area contributed by atoms with Gasteiger partial charge in [-0.05, 0) is 32.8 Å². The van der Waals surface area contributed by atoms with Gasteiger partial charge in [-0.15, -0.1) is 0 Å². The van der Waals surface area contributed by atoms with E-state index >= 15 is 0 Å². The van der Waals surface area contributed by atoms with Crippen molar-refractivity contribution < 1.29 is 14.6 Å². The molecule has 0 spiro atoms. The molecule has 1 aromatic heterocycles. The summed E-state index contributed by atoms with van der Waals surface area (Å²) in [5.41, 5.74) is 0.00861. The highest BCUT2D eigenvalue weighted by Crippen LogP contribution is 2.38. The van der Waals surface area contributed by atoms with E-state index in [-0.39, 0.29) is 6.10 Å². The Bertz CT molecular complexity index is 457. The van der Waals surface area contributed by atoms with E-state index in [1.165, 1.54) is 0 Å². The zero-order chi connectivity index (χ0) is 14.0. The Morgan fingerprint density at radius 3 is 3.00 bits per heavy atom. The second-order valence-corrected chi connectivity index (χ2v) is 5.45. The molecule has 2 rings (SSSR count). The van der Waals surface area contributed by atoms with E-state index in [1.54, 1.807) is 0 Å². The summed E-state index contributed by atoms with van der Waals surface area (Å²) in [5.74, 6) is -0.782. The van der Waals surface area contributed by atoms with Crippen LogP contribution in [0.3, 0.4) is 0 Å². The van der Waals surface area contributed by atoms with Crippen molar-refractivity contribution in [3.63, 3.8) is 0 Å². The molecule has 1 fully saturated rings. The van der Waals surface area contributed by atoms with Crippen molar-refractivity contribution in [2.24, 2.45) is 5.41 Å². The van der Waals surface area contributed by atoms with Gasteiger partial charge in [-0.3, -0.25) is 9.48 Å². The second-order valence-electron chi connectivity index (χ2n) is 5.45. The highest BCUT2D eigenvalue weighted by Gasteiger charge is 2.48. The van der Waals surface area contributed by atoms with E-state index in [0.29, 0.717) is 25.5 Å². The number of hydrogen-bond acceptors (Lipinski definition) is 3. The molecule has 1 aliphatic heterocycles. The van der Waals surface area contributed by atoms with Crippen LogP contribution in [0.4, 0.5) is 0 Å². The number of rotatable bonds is 5. The molecule has 0 bridgehead atoms. The fraction of sp³-hybridized carbons (Fsp3) is 0.714. The molecule has 19 heavy (non-hydrogen) atoms. The molecule has 3 unspecified atom stereocenters. The number of nitrogens with zero attached hydrogens (tertiary/aromatic N) is 2. The fourth-order valence-corrected chi connectivity index (χ4v) is 2.60. The number of carbonyl (C=O) groups is 1. The molecule has 0 aromatic carbocycles. The van der Waals surface area contributed by atoms with Gasteiger partial charge in [-0.25, -0.2) is 0 Å². The highest BCUT2D eigenvalue weighted by atomic mass is 16.5. The van der Waals surface area contributed by atoms with Crippen LogP contribution in [0, 0.1) is 5.41 Å². The average Bonchev–Trinajstić information content (AvgIpc) is 2.97. The first kappa shape index (κ1) is 14.1. The quantitative estimate of drug-likeness (QED) is 0.888. The smallest absolute Gasteiger partial charge is 0.312 e. The van der Waals surface area contributed by atoms with E-state index in [9.17, 15) is 9.90 Å². The Labute approximate surface area is 113 Å². The lowest BCUT2D eigenvalue weighted by atomic mass is 9.77. The van der Waals surface area contributed by atoms with Crippen LogP contribution in [0.15, 0.2) is 12.3 Å². The summed E-state index contributed by atoms with van der Waals surface area (Å²) < 4.78 is 7.37. The van der Waals surface area contributed by atoms with Gasteiger partial charge in [0.15, 0.2) is 0 Å². The number of hydrogen-bond donors (Lipinski definition) is 1. The largest absolute Gasteiger partial charge is 0.481 e. The molecule has 0 radical (unpaired) electrons. The van der Waals surface area contributed by atoms with Crippen LogP contribution in [-0.2, 0) is 16.0 Å². The number of aromatic nitrogens is 2. The van der Waals surface area contributed by atoms with Crippen molar-refractivity contribution in [2.75, 3.05) is 6.61 Å². The lowest BCUT2D eigenvalue weighted by molar-refractivity contribution is -0.151. The lowest BCUT2D eigenvalue weighted by Gasteiger charge is -2.26. The van der Waals surface area contributed by atoms with E-state index < -0.39 is 11.4 Å². The molecule has 106 valence electrons. The van der Waals surface area contributed by atoms with Gasteiger partial charge in [-0.2, -0.15) is 5.10 Å². The first-order chi connectivity index (χ1) is 8.99. The lowest BCUT2D eigenvalue weighted by Crippen LogP contribution is -2.39. The summed E-state index contributed by atoms with van der Waals surface area (Å²) in [4.78, 5) is 11.6. The van der Waals surface area contributed by atoms with Crippen LogP contribution in [0.1, 0.15) is 45.3 Å². The normalized spacial score (nSPS) is 28.5. The summed E-state index contributed by atoms with van der Waals surface area (Å²) in [5, 5.41) is 14.0. The molecular formula is C14H22N2O3. The van der Waals surface area contributed by atoms with Crippen LogP contribution in [0.5, 0.6) is 0 Å².